The van der Waals surface area contributed by atoms with Crippen LogP contribution in [0.3, 0.4) is 0 Å². The van der Waals surface area contributed by atoms with E-state index >= 15 is 0 Å². The van der Waals surface area contributed by atoms with Crippen LogP contribution in [-0.2, 0) is 4.79 Å². The quantitative estimate of drug-likeness (QED) is 0.805. The Hall–Kier alpha value is 0.170. The van der Waals surface area contributed by atoms with E-state index in [1.54, 1.807) is 0 Å². The summed E-state index contributed by atoms with van der Waals surface area (Å²) in [7, 11) is 0. The normalized spacial score (nSPS) is 9.36. The molecule has 1 N–H and O–H groups in total. The molecule has 0 saturated heterocycles. The first-order valence-electron chi connectivity index (χ1n) is 3.37. The number of halogens is 2. The van der Waals surface area contributed by atoms with Crippen molar-refractivity contribution in [2.24, 2.45) is 0 Å². The third-order valence-electron chi connectivity index (χ3n) is 1.27. The highest BCUT2D eigenvalue weighted by Crippen LogP contribution is 2.23. The smallest absolute Gasteiger partial charge is 0.333 e. The number of hydrogen-bond acceptors (Lipinski definition) is 1. The zero-order valence-corrected chi connectivity index (χ0v) is 9.40. The van der Waals surface area contributed by atoms with E-state index in [2.05, 4.69) is 31.9 Å². The largest absolute Gasteiger partial charge is 0.478 e. The van der Waals surface area contributed by atoms with Crippen LogP contribution in [0.4, 0.5) is 0 Å². The molecule has 0 aromatic heterocycles. The number of carboxylic acid groups (broad SMARTS) is 1. The molecule has 0 aromatic rings. The molecule has 4 heteroatoms. The zero-order chi connectivity index (χ0) is 8.85. The summed E-state index contributed by atoms with van der Waals surface area (Å²) in [5, 5.41) is 8.65. The molecule has 11 heavy (non-hydrogen) atoms. The van der Waals surface area contributed by atoms with Crippen molar-refractivity contribution in [3.8, 4) is 0 Å². The van der Waals surface area contributed by atoms with Gasteiger partial charge in [-0.05, 0) is 44.7 Å². The summed E-state index contributed by atoms with van der Waals surface area (Å²) in [6, 6.07) is 0. The van der Waals surface area contributed by atoms with Crippen LogP contribution in [0.2, 0.25) is 0 Å². The third kappa shape index (κ3) is 4.58. The van der Waals surface area contributed by atoms with Gasteiger partial charge in [0, 0.05) is 0 Å². The van der Waals surface area contributed by atoms with Crippen LogP contribution in [0.1, 0.15) is 26.2 Å². The van der Waals surface area contributed by atoms with Gasteiger partial charge in [0.2, 0.25) is 0 Å². The summed E-state index contributed by atoms with van der Waals surface area (Å²) in [5.41, 5.74) is 0.409. The fourth-order valence-corrected chi connectivity index (χ4v) is 1.37. The molecule has 0 radical (unpaired) electrons. The minimum absolute atomic E-state index is 0.409. The molecule has 0 aliphatic rings. The molecule has 0 bridgehead atoms. The second kappa shape index (κ2) is 5.77. The molecule has 2 nitrogen and oxygen atoms in total. The van der Waals surface area contributed by atoms with Crippen molar-refractivity contribution in [3.63, 3.8) is 0 Å². The summed E-state index contributed by atoms with van der Waals surface area (Å²) < 4.78 is 0.547. The maximum absolute atomic E-state index is 10.5. The highest BCUT2D eigenvalue weighted by atomic mass is 79.9. The Morgan fingerprint density at radius 3 is 2.27 bits per heavy atom. The summed E-state index contributed by atoms with van der Waals surface area (Å²) in [5.74, 6) is -0.859. The molecule has 64 valence electrons. The van der Waals surface area contributed by atoms with Gasteiger partial charge in [0.1, 0.15) is 0 Å². The van der Waals surface area contributed by atoms with Gasteiger partial charge in [0.05, 0.1) is 8.96 Å². The van der Waals surface area contributed by atoms with Crippen LogP contribution in [0.5, 0.6) is 0 Å². The standard InChI is InChI=1S/C7H10Br2O2/c1-2-3-4-5(6(8)9)7(10)11/h2-4H2,1H3,(H,10,11). The lowest BCUT2D eigenvalue weighted by Crippen LogP contribution is -2.00. The molecule has 0 aliphatic carbocycles. The molecule has 0 amide bonds. The molecule has 0 aliphatic heterocycles. The number of hydrogen-bond donors (Lipinski definition) is 1. The number of carbonyl (C=O) groups is 1. The number of aliphatic carboxylic acids is 1. The van der Waals surface area contributed by atoms with E-state index in [1.807, 2.05) is 6.92 Å². The lowest BCUT2D eigenvalue weighted by atomic mass is 10.1. The van der Waals surface area contributed by atoms with E-state index < -0.39 is 5.97 Å². The summed E-state index contributed by atoms with van der Waals surface area (Å²) in [6.45, 7) is 2.03. The minimum Gasteiger partial charge on any atom is -0.478 e. The summed E-state index contributed by atoms with van der Waals surface area (Å²) in [4.78, 5) is 10.5. The van der Waals surface area contributed by atoms with Crippen LogP contribution in [0.25, 0.3) is 0 Å². The predicted octanol–water partition coefficient (Wildman–Crippen LogP) is 3.26. The molecule has 0 rings (SSSR count). The molecular weight excluding hydrogens is 276 g/mol. The van der Waals surface area contributed by atoms with Gasteiger partial charge in [-0.2, -0.15) is 0 Å². The Morgan fingerprint density at radius 1 is 1.45 bits per heavy atom. The van der Waals surface area contributed by atoms with Gasteiger partial charge in [-0.1, -0.05) is 13.3 Å². The number of unbranched alkanes of at least 4 members (excludes halogenated alkanes) is 1. The minimum atomic E-state index is -0.859. The average Bonchev–Trinajstić information content (AvgIpc) is 1.87. The number of rotatable bonds is 4. The summed E-state index contributed by atoms with van der Waals surface area (Å²) in [6.07, 6.45) is 2.52. The second-order valence-electron chi connectivity index (χ2n) is 2.15. The Balaban J connectivity index is 4.14. The Labute approximate surface area is 82.9 Å². The number of carboxylic acids is 1. The van der Waals surface area contributed by atoms with Gasteiger partial charge in [0.25, 0.3) is 0 Å². The Kier molecular flexibility index (Phi) is 5.86. The molecule has 0 saturated carbocycles. The van der Waals surface area contributed by atoms with Crippen LogP contribution in [0, 0.1) is 0 Å². The molecular formula is C7H10Br2O2. The van der Waals surface area contributed by atoms with E-state index in [-0.39, 0.29) is 0 Å². The van der Waals surface area contributed by atoms with Crippen molar-refractivity contribution in [1.29, 1.82) is 0 Å². The molecule has 0 aromatic carbocycles. The highest BCUT2D eigenvalue weighted by molar-refractivity contribution is 9.28. The summed E-state index contributed by atoms with van der Waals surface area (Å²) >= 11 is 6.17. The first kappa shape index (κ1) is 11.2. The molecule has 0 fully saturated rings. The predicted molar refractivity (Wildman–Crippen MR) is 52.0 cm³/mol. The van der Waals surface area contributed by atoms with Crippen LogP contribution < -0.4 is 0 Å². The van der Waals surface area contributed by atoms with E-state index in [1.165, 1.54) is 0 Å². The fraction of sp³-hybridized carbons (Fsp3) is 0.571. The SMILES string of the molecule is CCCCC(C(=O)O)=C(Br)Br. The van der Waals surface area contributed by atoms with Gasteiger partial charge in [-0.3, -0.25) is 0 Å². The third-order valence-corrected chi connectivity index (χ3v) is 2.22. The van der Waals surface area contributed by atoms with Gasteiger partial charge in [-0.25, -0.2) is 4.79 Å². The maximum Gasteiger partial charge on any atom is 0.333 e. The van der Waals surface area contributed by atoms with E-state index in [0.717, 1.165) is 12.8 Å². The van der Waals surface area contributed by atoms with Gasteiger partial charge in [0.15, 0.2) is 0 Å². The van der Waals surface area contributed by atoms with Crippen molar-refractivity contribution >= 4 is 37.8 Å². The topological polar surface area (TPSA) is 37.3 Å². The zero-order valence-electron chi connectivity index (χ0n) is 6.23. The van der Waals surface area contributed by atoms with Gasteiger partial charge >= 0.3 is 5.97 Å². The Morgan fingerprint density at radius 2 is 2.00 bits per heavy atom. The average molecular weight is 286 g/mol. The monoisotopic (exact) mass is 284 g/mol. The van der Waals surface area contributed by atoms with Crippen molar-refractivity contribution < 1.29 is 9.90 Å². The molecule has 0 heterocycles. The van der Waals surface area contributed by atoms with Gasteiger partial charge in [-0.15, -0.1) is 0 Å². The molecule has 0 atom stereocenters. The van der Waals surface area contributed by atoms with Crippen LogP contribution >= 0.6 is 31.9 Å². The second-order valence-corrected chi connectivity index (χ2v) is 4.80. The highest BCUT2D eigenvalue weighted by Gasteiger charge is 2.09. The van der Waals surface area contributed by atoms with Crippen molar-refractivity contribution in [1.82, 2.24) is 0 Å². The van der Waals surface area contributed by atoms with E-state index in [9.17, 15) is 4.79 Å². The molecule has 0 spiro atoms. The van der Waals surface area contributed by atoms with Crippen LogP contribution in [-0.4, -0.2) is 11.1 Å². The van der Waals surface area contributed by atoms with Crippen LogP contribution in [0.15, 0.2) is 8.96 Å². The molecule has 0 unspecified atom stereocenters. The van der Waals surface area contributed by atoms with E-state index in [4.69, 9.17) is 5.11 Å². The lowest BCUT2D eigenvalue weighted by Gasteiger charge is -1.99. The van der Waals surface area contributed by atoms with Gasteiger partial charge < -0.3 is 5.11 Å². The first-order valence-corrected chi connectivity index (χ1v) is 4.95. The Bertz CT molecular complexity index is 171. The van der Waals surface area contributed by atoms with Crippen molar-refractivity contribution in [2.75, 3.05) is 0 Å². The van der Waals surface area contributed by atoms with E-state index in [0.29, 0.717) is 15.4 Å². The van der Waals surface area contributed by atoms with Crippen molar-refractivity contribution in [3.05, 3.63) is 8.96 Å². The first-order chi connectivity index (χ1) is 5.09. The lowest BCUT2D eigenvalue weighted by molar-refractivity contribution is -0.132. The fourth-order valence-electron chi connectivity index (χ4n) is 0.636. The maximum atomic E-state index is 10.5. The van der Waals surface area contributed by atoms with Crippen molar-refractivity contribution in [2.45, 2.75) is 26.2 Å².